The van der Waals surface area contributed by atoms with Crippen molar-refractivity contribution in [3.8, 4) is 0 Å². The van der Waals surface area contributed by atoms with E-state index >= 15 is 0 Å². The number of carboxylic acid groups (broad SMARTS) is 1. The fourth-order valence-electron chi connectivity index (χ4n) is 1.21. The SMILES string of the molecule is O=C(O)Cc1coc2cccnc12. The van der Waals surface area contributed by atoms with Gasteiger partial charge in [-0.2, -0.15) is 0 Å². The van der Waals surface area contributed by atoms with Crippen LogP contribution in [0.4, 0.5) is 0 Å². The quantitative estimate of drug-likeness (QED) is 0.754. The predicted octanol–water partition coefficient (Wildman–Crippen LogP) is 1.45. The number of pyridine rings is 1. The Morgan fingerprint density at radius 2 is 2.46 bits per heavy atom. The number of nitrogens with zero attached hydrogens (tertiary/aromatic N) is 1. The molecular formula is C9H7NO3. The third kappa shape index (κ3) is 1.38. The fourth-order valence-corrected chi connectivity index (χ4v) is 1.21. The van der Waals surface area contributed by atoms with Crippen molar-refractivity contribution in [2.45, 2.75) is 6.42 Å². The highest BCUT2D eigenvalue weighted by atomic mass is 16.4. The lowest BCUT2D eigenvalue weighted by Gasteiger charge is -1.90. The van der Waals surface area contributed by atoms with Crippen molar-refractivity contribution in [3.63, 3.8) is 0 Å². The summed E-state index contributed by atoms with van der Waals surface area (Å²) in [6, 6.07) is 3.50. The summed E-state index contributed by atoms with van der Waals surface area (Å²) in [7, 11) is 0. The summed E-state index contributed by atoms with van der Waals surface area (Å²) in [6.07, 6.45) is 3.00. The molecule has 13 heavy (non-hydrogen) atoms. The number of furan rings is 1. The van der Waals surface area contributed by atoms with E-state index in [-0.39, 0.29) is 6.42 Å². The van der Waals surface area contributed by atoms with E-state index < -0.39 is 5.97 Å². The standard InChI is InChI=1S/C9H7NO3/c11-8(12)4-6-5-13-7-2-1-3-10-9(6)7/h1-3,5H,4H2,(H,11,12). The maximum atomic E-state index is 10.4. The molecule has 4 nitrogen and oxygen atoms in total. The van der Waals surface area contributed by atoms with Crippen LogP contribution in [0, 0.1) is 0 Å². The molecule has 2 heterocycles. The molecule has 0 fully saturated rings. The van der Waals surface area contributed by atoms with E-state index in [0.717, 1.165) is 0 Å². The van der Waals surface area contributed by atoms with Crippen LogP contribution in [0.1, 0.15) is 5.56 Å². The summed E-state index contributed by atoms with van der Waals surface area (Å²) < 4.78 is 5.12. The van der Waals surface area contributed by atoms with Crippen molar-refractivity contribution in [1.82, 2.24) is 4.98 Å². The summed E-state index contributed by atoms with van der Waals surface area (Å²) in [5.74, 6) is -0.881. The molecule has 0 aliphatic heterocycles. The molecule has 0 spiro atoms. The van der Waals surface area contributed by atoms with Crippen LogP contribution in [0.15, 0.2) is 29.0 Å². The lowest BCUT2D eigenvalue weighted by Crippen LogP contribution is -1.99. The second-order valence-corrected chi connectivity index (χ2v) is 2.68. The molecule has 0 aliphatic rings. The van der Waals surface area contributed by atoms with Gasteiger partial charge in [0.2, 0.25) is 0 Å². The first kappa shape index (κ1) is 7.79. The summed E-state index contributed by atoms with van der Waals surface area (Å²) in [6.45, 7) is 0. The number of aromatic nitrogens is 1. The fraction of sp³-hybridized carbons (Fsp3) is 0.111. The van der Waals surface area contributed by atoms with Gasteiger partial charge in [-0.05, 0) is 12.1 Å². The summed E-state index contributed by atoms with van der Waals surface area (Å²) in [5.41, 5.74) is 1.87. The van der Waals surface area contributed by atoms with E-state index in [1.807, 2.05) is 0 Å². The molecule has 0 amide bonds. The second-order valence-electron chi connectivity index (χ2n) is 2.68. The maximum Gasteiger partial charge on any atom is 0.308 e. The molecule has 66 valence electrons. The zero-order valence-electron chi connectivity index (χ0n) is 6.73. The molecule has 0 atom stereocenters. The molecule has 0 aromatic carbocycles. The van der Waals surface area contributed by atoms with E-state index in [4.69, 9.17) is 9.52 Å². The molecule has 0 bridgehead atoms. The number of rotatable bonds is 2. The Kier molecular flexibility index (Phi) is 1.73. The van der Waals surface area contributed by atoms with Gasteiger partial charge in [0.25, 0.3) is 0 Å². The number of hydrogen-bond acceptors (Lipinski definition) is 3. The van der Waals surface area contributed by atoms with Crippen LogP contribution in [0.3, 0.4) is 0 Å². The highest BCUT2D eigenvalue weighted by molar-refractivity contribution is 5.81. The molecule has 2 rings (SSSR count). The molecule has 2 aromatic heterocycles. The van der Waals surface area contributed by atoms with Gasteiger partial charge in [-0.1, -0.05) is 0 Å². The van der Waals surface area contributed by atoms with Gasteiger partial charge in [-0.25, -0.2) is 0 Å². The molecule has 1 N–H and O–H groups in total. The zero-order valence-corrected chi connectivity index (χ0v) is 6.73. The summed E-state index contributed by atoms with van der Waals surface area (Å²) >= 11 is 0. The van der Waals surface area contributed by atoms with Crippen molar-refractivity contribution < 1.29 is 14.3 Å². The second kappa shape index (κ2) is 2.90. The maximum absolute atomic E-state index is 10.4. The molecule has 0 saturated carbocycles. The lowest BCUT2D eigenvalue weighted by molar-refractivity contribution is -0.136. The van der Waals surface area contributed by atoms with Crippen LogP contribution in [0.25, 0.3) is 11.1 Å². The van der Waals surface area contributed by atoms with Gasteiger partial charge in [-0.15, -0.1) is 0 Å². The van der Waals surface area contributed by atoms with E-state index in [9.17, 15) is 4.79 Å². The first-order chi connectivity index (χ1) is 6.27. The van der Waals surface area contributed by atoms with Crippen LogP contribution in [-0.2, 0) is 11.2 Å². The average molecular weight is 177 g/mol. The number of aliphatic carboxylic acids is 1. The molecule has 4 heteroatoms. The Bertz CT molecular complexity index is 447. The van der Waals surface area contributed by atoms with Crippen LogP contribution in [0.2, 0.25) is 0 Å². The van der Waals surface area contributed by atoms with Crippen LogP contribution in [-0.4, -0.2) is 16.1 Å². The van der Waals surface area contributed by atoms with Crippen LogP contribution >= 0.6 is 0 Å². The highest BCUT2D eigenvalue weighted by Crippen LogP contribution is 2.18. The van der Waals surface area contributed by atoms with Gasteiger partial charge in [0.05, 0.1) is 12.7 Å². The molecular weight excluding hydrogens is 170 g/mol. The number of carboxylic acids is 1. The van der Waals surface area contributed by atoms with Crippen molar-refractivity contribution in [2.24, 2.45) is 0 Å². The Morgan fingerprint density at radius 3 is 3.23 bits per heavy atom. The Balaban J connectivity index is 2.51. The topological polar surface area (TPSA) is 63.3 Å². The minimum absolute atomic E-state index is 0.0516. The average Bonchev–Trinajstić information content (AvgIpc) is 2.48. The first-order valence-corrected chi connectivity index (χ1v) is 3.80. The number of carbonyl (C=O) groups is 1. The smallest absolute Gasteiger partial charge is 0.308 e. The van der Waals surface area contributed by atoms with Gasteiger partial charge in [-0.3, -0.25) is 9.78 Å². The molecule has 0 radical (unpaired) electrons. The normalized spacial score (nSPS) is 10.5. The lowest BCUT2D eigenvalue weighted by atomic mass is 10.2. The largest absolute Gasteiger partial charge is 0.481 e. The van der Waals surface area contributed by atoms with E-state index in [1.54, 1.807) is 18.3 Å². The number of fused-ring (bicyclic) bond motifs is 1. The summed E-state index contributed by atoms with van der Waals surface area (Å²) in [5, 5.41) is 8.58. The zero-order chi connectivity index (χ0) is 9.26. The first-order valence-electron chi connectivity index (χ1n) is 3.80. The molecule has 0 unspecified atom stereocenters. The Hall–Kier alpha value is -1.84. The third-order valence-electron chi connectivity index (χ3n) is 1.74. The van der Waals surface area contributed by atoms with Gasteiger partial charge < -0.3 is 9.52 Å². The van der Waals surface area contributed by atoms with E-state index in [1.165, 1.54) is 6.26 Å². The Labute approximate surface area is 73.8 Å². The minimum atomic E-state index is -0.881. The van der Waals surface area contributed by atoms with Gasteiger partial charge in [0, 0.05) is 11.8 Å². The van der Waals surface area contributed by atoms with Crippen molar-refractivity contribution in [3.05, 3.63) is 30.2 Å². The van der Waals surface area contributed by atoms with Gasteiger partial charge in [0.1, 0.15) is 5.52 Å². The predicted molar refractivity (Wildman–Crippen MR) is 45.3 cm³/mol. The summed E-state index contributed by atoms with van der Waals surface area (Å²) in [4.78, 5) is 14.5. The van der Waals surface area contributed by atoms with E-state index in [0.29, 0.717) is 16.7 Å². The molecule has 2 aromatic rings. The van der Waals surface area contributed by atoms with Crippen molar-refractivity contribution >= 4 is 17.1 Å². The van der Waals surface area contributed by atoms with Crippen LogP contribution < -0.4 is 0 Å². The van der Waals surface area contributed by atoms with Crippen LogP contribution in [0.5, 0.6) is 0 Å². The van der Waals surface area contributed by atoms with Crippen molar-refractivity contribution in [2.75, 3.05) is 0 Å². The van der Waals surface area contributed by atoms with Gasteiger partial charge in [0.15, 0.2) is 5.58 Å². The minimum Gasteiger partial charge on any atom is -0.481 e. The van der Waals surface area contributed by atoms with Gasteiger partial charge >= 0.3 is 5.97 Å². The third-order valence-corrected chi connectivity index (χ3v) is 1.74. The molecule has 0 saturated heterocycles. The number of hydrogen-bond donors (Lipinski definition) is 1. The molecule has 0 aliphatic carbocycles. The van der Waals surface area contributed by atoms with Crippen molar-refractivity contribution in [1.29, 1.82) is 0 Å². The van der Waals surface area contributed by atoms with E-state index in [2.05, 4.69) is 4.98 Å². The highest BCUT2D eigenvalue weighted by Gasteiger charge is 2.09. The monoisotopic (exact) mass is 177 g/mol. The Morgan fingerprint density at radius 1 is 1.62 bits per heavy atom.